The topological polar surface area (TPSA) is 184 Å². The predicted molar refractivity (Wildman–Crippen MR) is 250 cm³/mol. The molecule has 18 heteroatoms. The Labute approximate surface area is 385 Å². The van der Waals surface area contributed by atoms with E-state index in [2.05, 4.69) is 32.3 Å². The molecule has 0 saturated carbocycles. The Morgan fingerprint density at radius 2 is 1.56 bits per heavy atom. The van der Waals surface area contributed by atoms with Crippen LogP contribution in [0, 0.1) is 5.82 Å². The zero-order chi connectivity index (χ0) is 46.1. The van der Waals surface area contributed by atoms with Gasteiger partial charge in [-0.25, -0.2) is 9.37 Å². The van der Waals surface area contributed by atoms with Crippen LogP contribution in [0.15, 0.2) is 73.3 Å². The van der Waals surface area contributed by atoms with Gasteiger partial charge in [0.1, 0.15) is 23.4 Å². The van der Waals surface area contributed by atoms with Crippen LogP contribution in [0.4, 0.5) is 21.8 Å². The number of imide groups is 2. The van der Waals surface area contributed by atoms with Crippen molar-refractivity contribution in [2.45, 2.75) is 31.7 Å². The van der Waals surface area contributed by atoms with E-state index < -0.39 is 35.5 Å². The molecule has 66 heavy (non-hydrogen) atoms. The molecule has 3 saturated heterocycles. The Morgan fingerprint density at radius 3 is 2.27 bits per heavy atom. The van der Waals surface area contributed by atoms with Crippen molar-refractivity contribution in [3.05, 3.63) is 95.3 Å². The van der Waals surface area contributed by atoms with E-state index in [0.717, 1.165) is 67.8 Å². The molecule has 9 rings (SSSR count). The number of piperazine rings is 2. The van der Waals surface area contributed by atoms with Gasteiger partial charge in [0.2, 0.25) is 23.7 Å². The molecule has 5 amide bonds. The molecule has 16 nitrogen and oxygen atoms in total. The van der Waals surface area contributed by atoms with Gasteiger partial charge in [0.25, 0.3) is 11.8 Å². The molecule has 0 aliphatic carbocycles. The molecule has 1 atom stereocenters. The molecule has 4 N–H and O–H groups in total. The molecule has 3 fully saturated rings. The summed E-state index contributed by atoms with van der Waals surface area (Å²) in [6.07, 6.45) is 3.09. The SMILES string of the molecule is C=CC(=O)N1CCN(c2nc(NCCCN3CCN(CCCNc4cccc5c4C(=O)N(C4CCC(=O)NC4=O)C5=O)CC3)nc3cc(Cl)c(-c4cc(O)cc5ccccc45)c(F)c23)CC1. The van der Waals surface area contributed by atoms with Gasteiger partial charge in [0.05, 0.1) is 27.1 Å². The fourth-order valence-corrected chi connectivity index (χ4v) is 9.74. The number of nitrogens with zero attached hydrogens (tertiary/aromatic N) is 7. The van der Waals surface area contributed by atoms with Crippen LogP contribution >= 0.6 is 11.6 Å². The fraction of sp³-hybridized carbons (Fsp3) is 0.354. The average Bonchev–Trinajstić information content (AvgIpc) is 3.57. The number of halogens is 2. The van der Waals surface area contributed by atoms with Crippen molar-refractivity contribution in [2.24, 2.45) is 0 Å². The van der Waals surface area contributed by atoms with Crippen LogP contribution in [-0.2, 0) is 14.4 Å². The Hall–Kier alpha value is -6.69. The number of hydrogen-bond acceptors (Lipinski definition) is 13. The number of rotatable bonds is 14. The van der Waals surface area contributed by atoms with Gasteiger partial charge < -0.3 is 35.3 Å². The summed E-state index contributed by atoms with van der Waals surface area (Å²) >= 11 is 6.88. The molecule has 5 heterocycles. The Kier molecular flexibility index (Phi) is 12.8. The predicted octanol–water partition coefficient (Wildman–Crippen LogP) is 5.11. The Morgan fingerprint density at radius 1 is 0.848 bits per heavy atom. The van der Waals surface area contributed by atoms with E-state index >= 15 is 4.39 Å². The second-order valence-electron chi connectivity index (χ2n) is 17.0. The first-order chi connectivity index (χ1) is 32.0. The number of phenolic OH excluding ortho intramolecular Hbond substituents is 1. The molecule has 342 valence electrons. The second kappa shape index (κ2) is 19.0. The van der Waals surface area contributed by atoms with Gasteiger partial charge in [-0.15, -0.1) is 0 Å². The molecule has 0 radical (unpaired) electrons. The number of nitrogens with one attached hydrogen (secondary N) is 3. The van der Waals surface area contributed by atoms with Crippen molar-refractivity contribution in [3.63, 3.8) is 0 Å². The standard InChI is InChI=1S/C48H50ClFN10O6/c1-2-39(63)58-22-24-59(25-23-58)44-42-36(28-34(49)40(43(42)50)33-27-30(61)26-29-8-3-4-9-31(29)33)53-48(55-44)52-15-7-17-57-20-18-56(19-21-57)16-6-14-51-35-11-5-10-32-41(35)47(66)60(46(32)65)37-12-13-38(62)54-45(37)64/h2-5,8-11,26-28,37,51,61H,1,6-7,12-25H2,(H,52,53,55)(H,54,62,64). The first kappa shape index (κ1) is 44.5. The molecular weight excluding hydrogens is 867 g/mol. The number of amides is 5. The largest absolute Gasteiger partial charge is 0.508 e. The molecule has 0 spiro atoms. The molecule has 5 aromatic rings. The maximum absolute atomic E-state index is 17.1. The smallest absolute Gasteiger partial charge is 0.264 e. The molecule has 4 aromatic carbocycles. The van der Waals surface area contributed by atoms with Crippen LogP contribution in [-0.4, -0.2) is 149 Å². The van der Waals surface area contributed by atoms with Gasteiger partial charge in [-0.1, -0.05) is 48.5 Å². The highest BCUT2D eigenvalue weighted by molar-refractivity contribution is 6.35. The lowest BCUT2D eigenvalue weighted by Crippen LogP contribution is -2.54. The second-order valence-corrected chi connectivity index (χ2v) is 17.4. The summed E-state index contributed by atoms with van der Waals surface area (Å²) < 4.78 is 17.1. The number of fused-ring (bicyclic) bond motifs is 3. The summed E-state index contributed by atoms with van der Waals surface area (Å²) in [7, 11) is 0. The maximum Gasteiger partial charge on any atom is 0.264 e. The third-order valence-corrected chi connectivity index (χ3v) is 13.2. The summed E-state index contributed by atoms with van der Waals surface area (Å²) in [5, 5.41) is 21.4. The molecular formula is C48H50ClFN10O6. The van der Waals surface area contributed by atoms with Crippen LogP contribution in [0.3, 0.4) is 0 Å². The molecule has 1 aromatic heterocycles. The summed E-state index contributed by atoms with van der Waals surface area (Å²) in [5.41, 5.74) is 1.99. The van der Waals surface area contributed by atoms with Crippen molar-refractivity contribution in [3.8, 4) is 16.9 Å². The summed E-state index contributed by atoms with van der Waals surface area (Å²) in [5.74, 6) is -2.14. The lowest BCUT2D eigenvalue weighted by atomic mass is 9.96. The van der Waals surface area contributed by atoms with E-state index in [-0.39, 0.29) is 51.6 Å². The fourth-order valence-electron chi connectivity index (χ4n) is 9.45. The minimum absolute atomic E-state index is 0.0126. The summed E-state index contributed by atoms with van der Waals surface area (Å²) in [4.78, 5) is 82.3. The number of benzene rings is 4. The molecule has 4 aliphatic heterocycles. The lowest BCUT2D eigenvalue weighted by Gasteiger charge is -2.35. The van der Waals surface area contributed by atoms with Crippen molar-refractivity contribution >= 4 is 80.3 Å². The lowest BCUT2D eigenvalue weighted by molar-refractivity contribution is -0.136. The number of anilines is 3. The normalized spacial score (nSPS) is 18.3. The number of piperidine rings is 1. The van der Waals surface area contributed by atoms with Gasteiger partial charge in [0, 0.05) is 83.1 Å². The number of carbonyl (C=O) groups excluding carboxylic acids is 5. The zero-order valence-corrected chi connectivity index (χ0v) is 37.1. The highest BCUT2D eigenvalue weighted by Crippen LogP contribution is 2.43. The van der Waals surface area contributed by atoms with E-state index in [0.29, 0.717) is 67.8 Å². The number of aromatic hydroxyl groups is 1. The number of carbonyl (C=O) groups is 5. The number of aromatic nitrogens is 2. The van der Waals surface area contributed by atoms with Crippen LogP contribution in [0.1, 0.15) is 46.4 Å². The van der Waals surface area contributed by atoms with Crippen LogP contribution in [0.5, 0.6) is 5.75 Å². The first-order valence-electron chi connectivity index (χ1n) is 22.3. The quantitative estimate of drug-likeness (QED) is 0.0656. The number of phenols is 1. The minimum Gasteiger partial charge on any atom is -0.508 e. The Bertz CT molecular complexity index is 2770. The van der Waals surface area contributed by atoms with Crippen molar-refractivity contribution in [1.29, 1.82) is 0 Å². The summed E-state index contributed by atoms with van der Waals surface area (Å²) in [6.45, 7) is 11.8. The van der Waals surface area contributed by atoms with Gasteiger partial charge in [-0.3, -0.25) is 34.2 Å². The Balaban J connectivity index is 0.798. The van der Waals surface area contributed by atoms with Crippen molar-refractivity contribution < 1.29 is 33.5 Å². The van der Waals surface area contributed by atoms with Crippen LogP contribution in [0.25, 0.3) is 32.8 Å². The van der Waals surface area contributed by atoms with Gasteiger partial charge in [-0.2, -0.15) is 4.98 Å². The monoisotopic (exact) mass is 916 g/mol. The van der Waals surface area contributed by atoms with Crippen LogP contribution < -0.4 is 20.9 Å². The molecule has 1 unspecified atom stereocenters. The minimum atomic E-state index is -1.01. The highest BCUT2D eigenvalue weighted by Gasteiger charge is 2.45. The van der Waals surface area contributed by atoms with E-state index in [1.54, 1.807) is 35.2 Å². The van der Waals surface area contributed by atoms with Gasteiger partial charge >= 0.3 is 0 Å². The first-order valence-corrected chi connectivity index (χ1v) is 22.7. The summed E-state index contributed by atoms with van der Waals surface area (Å²) in [6, 6.07) is 16.3. The van der Waals surface area contributed by atoms with E-state index in [1.807, 2.05) is 29.2 Å². The number of hydrogen-bond donors (Lipinski definition) is 4. The van der Waals surface area contributed by atoms with Crippen molar-refractivity contribution in [1.82, 2.24) is 34.9 Å². The third-order valence-electron chi connectivity index (χ3n) is 12.9. The van der Waals surface area contributed by atoms with E-state index in [1.165, 1.54) is 12.1 Å². The van der Waals surface area contributed by atoms with E-state index in [9.17, 15) is 29.1 Å². The van der Waals surface area contributed by atoms with Crippen molar-refractivity contribution in [2.75, 3.05) is 94.1 Å². The highest BCUT2D eigenvalue weighted by atomic mass is 35.5. The van der Waals surface area contributed by atoms with Crippen LogP contribution in [0.2, 0.25) is 5.02 Å². The third kappa shape index (κ3) is 8.85. The maximum atomic E-state index is 17.1. The van der Waals surface area contributed by atoms with E-state index in [4.69, 9.17) is 21.6 Å². The average molecular weight is 917 g/mol. The van der Waals surface area contributed by atoms with Gasteiger partial charge in [0.15, 0.2) is 0 Å². The molecule has 0 bridgehead atoms. The molecule has 4 aliphatic rings. The van der Waals surface area contributed by atoms with Gasteiger partial charge in [-0.05, 0) is 85.1 Å². The zero-order valence-electron chi connectivity index (χ0n) is 36.3.